The zero-order valence-corrected chi connectivity index (χ0v) is 11.2. The molecule has 0 aromatic carbocycles. The summed E-state index contributed by atoms with van der Waals surface area (Å²) in [6.07, 6.45) is 8.52. The van der Waals surface area contributed by atoms with E-state index in [0.717, 1.165) is 38.5 Å². The highest BCUT2D eigenvalue weighted by Gasteiger charge is 2.35. The van der Waals surface area contributed by atoms with Crippen LogP contribution in [-0.4, -0.2) is 30.2 Å². The van der Waals surface area contributed by atoms with Crippen LogP contribution in [0.3, 0.4) is 0 Å². The van der Waals surface area contributed by atoms with E-state index in [1.54, 1.807) is 0 Å². The number of nitrogens with two attached hydrogens (primary N) is 1. The Bertz CT molecular complexity index is 288. The molecule has 2 fully saturated rings. The van der Waals surface area contributed by atoms with Crippen molar-refractivity contribution in [3.63, 3.8) is 0 Å². The number of hydrogen-bond acceptors (Lipinski definition) is 3. The highest BCUT2D eigenvalue weighted by atomic mass is 16.3. The first-order valence-corrected chi connectivity index (χ1v) is 7.31. The number of hydrogen-bond donors (Lipinski definition) is 3. The van der Waals surface area contributed by atoms with Gasteiger partial charge in [0, 0.05) is 18.0 Å². The third-order valence-corrected chi connectivity index (χ3v) is 4.79. The number of aliphatic hydroxyl groups is 1. The Labute approximate surface area is 109 Å². The van der Waals surface area contributed by atoms with E-state index in [4.69, 9.17) is 5.73 Å². The molecule has 2 aliphatic rings. The lowest BCUT2D eigenvalue weighted by Crippen LogP contribution is -2.47. The second kappa shape index (κ2) is 6.02. The summed E-state index contributed by atoms with van der Waals surface area (Å²) in [5, 5.41) is 12.6. The minimum Gasteiger partial charge on any atom is -0.396 e. The van der Waals surface area contributed by atoms with Gasteiger partial charge in [-0.2, -0.15) is 0 Å². The van der Waals surface area contributed by atoms with Crippen molar-refractivity contribution in [1.29, 1.82) is 0 Å². The van der Waals surface area contributed by atoms with E-state index >= 15 is 0 Å². The molecule has 104 valence electrons. The molecule has 2 rings (SSSR count). The van der Waals surface area contributed by atoms with Crippen LogP contribution >= 0.6 is 0 Å². The molecule has 0 saturated heterocycles. The average molecular weight is 254 g/mol. The second-order valence-electron chi connectivity index (χ2n) is 6.14. The molecular weight excluding hydrogens is 228 g/mol. The normalized spacial score (nSPS) is 31.2. The fourth-order valence-corrected chi connectivity index (χ4v) is 3.41. The lowest BCUT2D eigenvalue weighted by Gasteiger charge is -2.31. The van der Waals surface area contributed by atoms with Crippen molar-refractivity contribution in [2.75, 3.05) is 13.2 Å². The van der Waals surface area contributed by atoms with Crippen LogP contribution in [0.4, 0.5) is 0 Å². The summed E-state index contributed by atoms with van der Waals surface area (Å²) in [5.74, 6) is 0.0813. The summed E-state index contributed by atoms with van der Waals surface area (Å²) < 4.78 is 0. The summed E-state index contributed by atoms with van der Waals surface area (Å²) in [4.78, 5) is 12.2. The topological polar surface area (TPSA) is 75.4 Å². The Morgan fingerprint density at radius 3 is 2.50 bits per heavy atom. The standard InChI is InChI=1S/C14H26N2O2/c15-12-6-2-1-5-11(12)13(18)16-9-14(10-17)7-3-4-8-14/h11-12,17H,1-10,15H2,(H,16,18). The first-order valence-electron chi connectivity index (χ1n) is 7.31. The molecule has 2 saturated carbocycles. The molecule has 0 radical (unpaired) electrons. The zero-order valence-electron chi connectivity index (χ0n) is 11.2. The maximum absolute atomic E-state index is 12.2. The van der Waals surface area contributed by atoms with Crippen LogP contribution < -0.4 is 11.1 Å². The molecule has 0 aromatic heterocycles. The van der Waals surface area contributed by atoms with Gasteiger partial charge >= 0.3 is 0 Å². The molecule has 0 aromatic rings. The van der Waals surface area contributed by atoms with E-state index in [2.05, 4.69) is 5.32 Å². The number of aliphatic hydroxyl groups excluding tert-OH is 1. The average Bonchev–Trinajstić information content (AvgIpc) is 2.86. The number of carbonyl (C=O) groups is 1. The van der Waals surface area contributed by atoms with Crippen LogP contribution in [0.1, 0.15) is 51.4 Å². The third kappa shape index (κ3) is 3.04. The molecule has 1 amide bonds. The lowest BCUT2D eigenvalue weighted by atomic mass is 9.83. The molecule has 2 aliphatic carbocycles. The van der Waals surface area contributed by atoms with Gasteiger partial charge < -0.3 is 16.2 Å². The van der Waals surface area contributed by atoms with E-state index in [9.17, 15) is 9.90 Å². The molecule has 2 unspecified atom stereocenters. The predicted octanol–water partition coefficient (Wildman–Crippen LogP) is 1.17. The quantitative estimate of drug-likeness (QED) is 0.705. The van der Waals surface area contributed by atoms with Gasteiger partial charge in [0.05, 0.1) is 12.5 Å². The molecule has 0 aliphatic heterocycles. The molecule has 4 nitrogen and oxygen atoms in total. The summed E-state index contributed by atoms with van der Waals surface area (Å²) >= 11 is 0. The van der Waals surface area contributed by atoms with Gasteiger partial charge in [-0.25, -0.2) is 0 Å². The SMILES string of the molecule is NC1CCCCC1C(=O)NCC1(CO)CCCC1. The van der Waals surface area contributed by atoms with Gasteiger partial charge in [-0.05, 0) is 25.7 Å². The lowest BCUT2D eigenvalue weighted by molar-refractivity contribution is -0.127. The maximum atomic E-state index is 12.2. The molecule has 0 spiro atoms. The van der Waals surface area contributed by atoms with Crippen LogP contribution in [-0.2, 0) is 4.79 Å². The Kier molecular flexibility index (Phi) is 4.62. The van der Waals surface area contributed by atoms with E-state index in [1.165, 1.54) is 12.8 Å². The van der Waals surface area contributed by atoms with E-state index in [1.807, 2.05) is 0 Å². The van der Waals surface area contributed by atoms with Crippen LogP contribution in [0.5, 0.6) is 0 Å². The Morgan fingerprint density at radius 1 is 1.22 bits per heavy atom. The number of carbonyl (C=O) groups excluding carboxylic acids is 1. The highest BCUT2D eigenvalue weighted by molar-refractivity contribution is 5.79. The monoisotopic (exact) mass is 254 g/mol. The van der Waals surface area contributed by atoms with Crippen molar-refractivity contribution in [3.8, 4) is 0 Å². The van der Waals surface area contributed by atoms with Crippen LogP contribution in [0, 0.1) is 11.3 Å². The third-order valence-electron chi connectivity index (χ3n) is 4.79. The largest absolute Gasteiger partial charge is 0.396 e. The van der Waals surface area contributed by atoms with Crippen molar-refractivity contribution >= 4 is 5.91 Å². The molecule has 0 bridgehead atoms. The van der Waals surface area contributed by atoms with Gasteiger partial charge in [0.15, 0.2) is 0 Å². The highest BCUT2D eigenvalue weighted by Crippen LogP contribution is 2.37. The van der Waals surface area contributed by atoms with Crippen LogP contribution in [0.25, 0.3) is 0 Å². The molecule has 2 atom stereocenters. The van der Waals surface area contributed by atoms with Gasteiger partial charge in [-0.1, -0.05) is 25.7 Å². The first-order chi connectivity index (χ1) is 8.67. The summed E-state index contributed by atoms with van der Waals surface area (Å²) in [6, 6.07) is 0.0207. The van der Waals surface area contributed by atoms with Gasteiger partial charge in [0.1, 0.15) is 0 Å². The van der Waals surface area contributed by atoms with Crippen molar-refractivity contribution in [3.05, 3.63) is 0 Å². The summed E-state index contributed by atoms with van der Waals surface area (Å²) in [5.41, 5.74) is 5.96. The smallest absolute Gasteiger partial charge is 0.224 e. The summed E-state index contributed by atoms with van der Waals surface area (Å²) in [6.45, 7) is 0.801. The fraction of sp³-hybridized carbons (Fsp3) is 0.929. The molecular formula is C14H26N2O2. The van der Waals surface area contributed by atoms with Crippen molar-refractivity contribution in [2.45, 2.75) is 57.4 Å². The molecule has 0 heterocycles. The second-order valence-corrected chi connectivity index (χ2v) is 6.14. The van der Waals surface area contributed by atoms with Gasteiger partial charge in [0.25, 0.3) is 0 Å². The first kappa shape index (κ1) is 13.8. The minimum atomic E-state index is -0.0611. The predicted molar refractivity (Wildman–Crippen MR) is 70.9 cm³/mol. The van der Waals surface area contributed by atoms with Gasteiger partial charge in [-0.15, -0.1) is 0 Å². The van der Waals surface area contributed by atoms with E-state index in [-0.39, 0.29) is 29.9 Å². The summed E-state index contributed by atoms with van der Waals surface area (Å²) in [7, 11) is 0. The van der Waals surface area contributed by atoms with Crippen molar-refractivity contribution < 1.29 is 9.90 Å². The Morgan fingerprint density at radius 2 is 1.89 bits per heavy atom. The Hall–Kier alpha value is -0.610. The van der Waals surface area contributed by atoms with Crippen LogP contribution in [0.2, 0.25) is 0 Å². The molecule has 4 heteroatoms. The van der Waals surface area contributed by atoms with E-state index in [0.29, 0.717) is 6.54 Å². The Balaban J connectivity index is 1.83. The maximum Gasteiger partial charge on any atom is 0.224 e. The fourth-order valence-electron chi connectivity index (χ4n) is 3.41. The van der Waals surface area contributed by atoms with E-state index < -0.39 is 0 Å². The van der Waals surface area contributed by atoms with Gasteiger partial charge in [0.2, 0.25) is 5.91 Å². The molecule has 18 heavy (non-hydrogen) atoms. The zero-order chi connectivity index (χ0) is 13.0. The number of nitrogens with one attached hydrogen (secondary N) is 1. The van der Waals surface area contributed by atoms with Crippen molar-refractivity contribution in [1.82, 2.24) is 5.32 Å². The number of rotatable bonds is 4. The molecule has 4 N–H and O–H groups in total. The van der Waals surface area contributed by atoms with Gasteiger partial charge in [-0.3, -0.25) is 4.79 Å². The van der Waals surface area contributed by atoms with Crippen LogP contribution in [0.15, 0.2) is 0 Å². The van der Waals surface area contributed by atoms with Crippen molar-refractivity contribution in [2.24, 2.45) is 17.1 Å². The number of amides is 1. The minimum absolute atomic E-state index is 0.0177.